The highest BCUT2D eigenvalue weighted by Gasteiger charge is 2.28. The Bertz CT molecular complexity index is 209. The van der Waals surface area contributed by atoms with E-state index < -0.39 is 12.0 Å². The summed E-state index contributed by atoms with van der Waals surface area (Å²) in [5.41, 5.74) is 0. The molecule has 3 N–H and O–H groups in total. The van der Waals surface area contributed by atoms with Gasteiger partial charge in [-0.25, -0.2) is 0 Å². The molecule has 1 aliphatic carbocycles. The van der Waals surface area contributed by atoms with E-state index in [0.29, 0.717) is 17.0 Å². The topological polar surface area (TPSA) is 69.6 Å². The summed E-state index contributed by atoms with van der Waals surface area (Å²) >= 11 is 1.60. The molecular formula is C10H19NO3S. The maximum absolute atomic E-state index is 10.9. The van der Waals surface area contributed by atoms with E-state index in [0.717, 1.165) is 19.3 Å². The van der Waals surface area contributed by atoms with Crippen LogP contribution in [0.4, 0.5) is 0 Å². The van der Waals surface area contributed by atoms with E-state index in [1.807, 2.05) is 6.92 Å². The van der Waals surface area contributed by atoms with Crippen molar-refractivity contribution in [2.24, 2.45) is 0 Å². The zero-order valence-corrected chi connectivity index (χ0v) is 9.80. The molecule has 0 radical (unpaired) electrons. The molecule has 0 spiro atoms. The van der Waals surface area contributed by atoms with Gasteiger partial charge < -0.3 is 15.5 Å². The second kappa shape index (κ2) is 6.35. The van der Waals surface area contributed by atoms with E-state index in [2.05, 4.69) is 5.32 Å². The highest BCUT2D eigenvalue weighted by molar-refractivity contribution is 7.99. The van der Waals surface area contributed by atoms with Crippen molar-refractivity contribution < 1.29 is 15.0 Å². The maximum Gasteiger partial charge on any atom is 0.321 e. The number of rotatable bonds is 8. The Balaban J connectivity index is 2.21. The number of carbonyl (C=O) groups is 1. The number of hydrogen-bond acceptors (Lipinski definition) is 4. The number of carboxylic acid groups (broad SMARTS) is 1. The van der Waals surface area contributed by atoms with Crippen LogP contribution < -0.4 is 5.32 Å². The Kier molecular flexibility index (Phi) is 5.42. The lowest BCUT2D eigenvalue weighted by atomic mass is 10.3. The van der Waals surface area contributed by atoms with Gasteiger partial charge in [-0.2, -0.15) is 11.8 Å². The zero-order chi connectivity index (χ0) is 11.3. The third-order valence-electron chi connectivity index (χ3n) is 2.40. The van der Waals surface area contributed by atoms with E-state index in [-0.39, 0.29) is 6.61 Å². The van der Waals surface area contributed by atoms with Crippen molar-refractivity contribution in [3.8, 4) is 0 Å². The van der Waals surface area contributed by atoms with Crippen molar-refractivity contribution in [2.45, 2.75) is 43.5 Å². The summed E-state index contributed by atoms with van der Waals surface area (Å²) in [6.07, 6.45) is 2.92. The molecular weight excluding hydrogens is 214 g/mol. The fourth-order valence-electron chi connectivity index (χ4n) is 1.25. The van der Waals surface area contributed by atoms with Crippen LogP contribution >= 0.6 is 11.8 Å². The van der Waals surface area contributed by atoms with Crippen molar-refractivity contribution in [2.75, 3.05) is 12.4 Å². The molecule has 1 fully saturated rings. The van der Waals surface area contributed by atoms with Gasteiger partial charge >= 0.3 is 5.97 Å². The number of aliphatic carboxylic acids is 1. The van der Waals surface area contributed by atoms with E-state index in [4.69, 9.17) is 10.2 Å². The van der Waals surface area contributed by atoms with E-state index in [9.17, 15) is 4.79 Å². The number of hydrogen-bond donors (Lipinski definition) is 3. The Hall–Kier alpha value is -0.260. The monoisotopic (exact) mass is 233 g/mol. The SMILES string of the molecule is CC(CCO)SCC(NC1CC1)C(=O)O. The Morgan fingerprint density at radius 1 is 1.60 bits per heavy atom. The maximum atomic E-state index is 10.9. The molecule has 0 aromatic heterocycles. The molecule has 0 saturated heterocycles. The Morgan fingerprint density at radius 3 is 2.73 bits per heavy atom. The van der Waals surface area contributed by atoms with Crippen LogP contribution in [0, 0.1) is 0 Å². The van der Waals surface area contributed by atoms with E-state index in [1.165, 1.54) is 0 Å². The van der Waals surface area contributed by atoms with Crippen molar-refractivity contribution in [1.29, 1.82) is 0 Å². The molecule has 88 valence electrons. The highest BCUT2D eigenvalue weighted by atomic mass is 32.2. The molecule has 0 bridgehead atoms. The molecule has 4 nitrogen and oxygen atoms in total. The predicted octanol–water partition coefficient (Wildman–Crippen LogP) is 0.696. The average Bonchev–Trinajstić information content (AvgIpc) is 2.95. The van der Waals surface area contributed by atoms with E-state index >= 15 is 0 Å². The van der Waals surface area contributed by atoms with Gasteiger partial charge in [0.2, 0.25) is 0 Å². The molecule has 0 amide bonds. The summed E-state index contributed by atoms with van der Waals surface area (Å²) in [5.74, 6) is -0.196. The Morgan fingerprint density at radius 2 is 2.27 bits per heavy atom. The number of thioether (sulfide) groups is 1. The first-order valence-electron chi connectivity index (χ1n) is 5.34. The molecule has 1 saturated carbocycles. The van der Waals surface area contributed by atoms with Gasteiger partial charge in [0.25, 0.3) is 0 Å². The van der Waals surface area contributed by atoms with Crippen molar-refractivity contribution in [1.82, 2.24) is 5.32 Å². The van der Waals surface area contributed by atoms with Gasteiger partial charge in [0, 0.05) is 23.7 Å². The molecule has 15 heavy (non-hydrogen) atoms. The fourth-order valence-corrected chi connectivity index (χ4v) is 2.28. The molecule has 0 aromatic carbocycles. The van der Waals surface area contributed by atoms with Crippen molar-refractivity contribution >= 4 is 17.7 Å². The van der Waals surface area contributed by atoms with Crippen LogP contribution in [0.5, 0.6) is 0 Å². The number of aliphatic hydroxyl groups is 1. The van der Waals surface area contributed by atoms with Gasteiger partial charge in [0.05, 0.1) is 0 Å². The second-order valence-corrected chi connectivity index (χ2v) is 5.46. The predicted molar refractivity (Wildman–Crippen MR) is 61.2 cm³/mol. The van der Waals surface area contributed by atoms with Crippen LogP contribution in [0.15, 0.2) is 0 Å². The average molecular weight is 233 g/mol. The third kappa shape index (κ3) is 5.39. The van der Waals surface area contributed by atoms with Gasteiger partial charge in [-0.3, -0.25) is 4.79 Å². The van der Waals surface area contributed by atoms with Crippen LogP contribution in [-0.2, 0) is 4.79 Å². The van der Waals surface area contributed by atoms with Crippen LogP contribution in [0.2, 0.25) is 0 Å². The summed E-state index contributed by atoms with van der Waals surface area (Å²) in [5, 5.41) is 21.1. The van der Waals surface area contributed by atoms with Crippen LogP contribution in [-0.4, -0.2) is 45.9 Å². The molecule has 2 unspecified atom stereocenters. The van der Waals surface area contributed by atoms with Gasteiger partial charge in [-0.1, -0.05) is 6.92 Å². The molecule has 5 heteroatoms. The largest absolute Gasteiger partial charge is 0.480 e. The summed E-state index contributed by atoms with van der Waals surface area (Å²) in [6, 6.07) is -0.0245. The summed E-state index contributed by atoms with van der Waals surface area (Å²) < 4.78 is 0. The third-order valence-corrected chi connectivity index (χ3v) is 3.73. The zero-order valence-electron chi connectivity index (χ0n) is 8.98. The number of nitrogens with one attached hydrogen (secondary N) is 1. The first-order valence-corrected chi connectivity index (χ1v) is 6.39. The number of carboxylic acids is 1. The smallest absolute Gasteiger partial charge is 0.321 e. The standard InChI is InChI=1S/C10H19NO3S/c1-7(4-5-12)15-6-9(10(13)14)11-8-2-3-8/h7-9,11-12H,2-6H2,1H3,(H,13,14). The summed E-state index contributed by atoms with van der Waals surface area (Å²) in [7, 11) is 0. The molecule has 0 aliphatic heterocycles. The molecule has 0 heterocycles. The fraction of sp³-hybridized carbons (Fsp3) is 0.900. The van der Waals surface area contributed by atoms with Gasteiger partial charge in [-0.15, -0.1) is 0 Å². The molecule has 1 rings (SSSR count). The van der Waals surface area contributed by atoms with Gasteiger partial charge in [0.1, 0.15) is 6.04 Å². The first-order chi connectivity index (χ1) is 7.13. The quantitative estimate of drug-likeness (QED) is 0.575. The highest BCUT2D eigenvalue weighted by Crippen LogP contribution is 2.21. The molecule has 2 atom stereocenters. The van der Waals surface area contributed by atoms with Crippen LogP contribution in [0.25, 0.3) is 0 Å². The number of aliphatic hydroxyl groups excluding tert-OH is 1. The van der Waals surface area contributed by atoms with Crippen LogP contribution in [0.3, 0.4) is 0 Å². The van der Waals surface area contributed by atoms with Crippen molar-refractivity contribution in [3.63, 3.8) is 0 Å². The van der Waals surface area contributed by atoms with E-state index in [1.54, 1.807) is 11.8 Å². The minimum Gasteiger partial charge on any atom is -0.480 e. The normalized spacial score (nSPS) is 19.9. The summed E-state index contributed by atoms with van der Waals surface area (Å²) in [6.45, 7) is 2.18. The lowest BCUT2D eigenvalue weighted by molar-refractivity contribution is -0.138. The lowest BCUT2D eigenvalue weighted by Gasteiger charge is -2.16. The lowest BCUT2D eigenvalue weighted by Crippen LogP contribution is -2.40. The minimum atomic E-state index is -0.773. The van der Waals surface area contributed by atoms with Crippen molar-refractivity contribution in [3.05, 3.63) is 0 Å². The molecule has 1 aliphatic rings. The summed E-state index contributed by atoms with van der Waals surface area (Å²) in [4.78, 5) is 10.9. The first kappa shape index (κ1) is 12.8. The van der Waals surface area contributed by atoms with Crippen LogP contribution in [0.1, 0.15) is 26.2 Å². The Labute approximate surface area is 94.4 Å². The molecule has 0 aromatic rings. The second-order valence-electron chi connectivity index (χ2n) is 3.99. The van der Waals surface area contributed by atoms with Gasteiger partial charge in [0.15, 0.2) is 0 Å². The van der Waals surface area contributed by atoms with Gasteiger partial charge in [-0.05, 0) is 19.3 Å². The minimum absolute atomic E-state index is 0.169.